The van der Waals surface area contributed by atoms with Crippen molar-refractivity contribution < 1.29 is 66.9 Å². The maximum absolute atomic E-state index is 12.4. The number of aromatic carboxylic acids is 1. The lowest BCUT2D eigenvalue weighted by Gasteiger charge is -2.07. The molecule has 2 aromatic carbocycles. The van der Waals surface area contributed by atoms with Crippen molar-refractivity contribution in [3.63, 3.8) is 0 Å². The van der Waals surface area contributed by atoms with Crippen LogP contribution in [0.4, 0.5) is 22.7 Å². The van der Waals surface area contributed by atoms with Crippen molar-refractivity contribution in [1.29, 1.82) is 0 Å². The van der Waals surface area contributed by atoms with Gasteiger partial charge in [-0.25, -0.2) is 4.79 Å². The summed E-state index contributed by atoms with van der Waals surface area (Å²) in [7, 11) is -20.3. The first-order chi connectivity index (χ1) is 19.5. The van der Waals surface area contributed by atoms with Crippen LogP contribution in [0.25, 0.3) is 0 Å². The van der Waals surface area contributed by atoms with Crippen molar-refractivity contribution in [2.24, 2.45) is 20.5 Å². The summed E-state index contributed by atoms with van der Waals surface area (Å²) in [5.74, 6) is -3.45. The molecule has 0 saturated carbocycles. The largest absolute Gasteiger partial charge is 0.493 e. The number of hydrogen-bond acceptors (Lipinski definition) is 15. The molecule has 0 aliphatic heterocycles. The molecule has 21 nitrogen and oxygen atoms in total. The van der Waals surface area contributed by atoms with E-state index >= 15 is 0 Å². The SMILES string of the molecule is O=C(O)c1c(N=Nc2cc(S(=O)(=O)O)ccc2S(=O)(=O)O)c(O)[nH]c(=O)c1N=Nc1cc(S(=O)(=O)O)ccc1S(=O)(=O)O. The maximum atomic E-state index is 12.4. The average molecular weight is 684 g/mol. The van der Waals surface area contributed by atoms with Crippen molar-refractivity contribution in [1.82, 2.24) is 4.98 Å². The summed E-state index contributed by atoms with van der Waals surface area (Å²) < 4.78 is 130. The Hall–Kier alpha value is -4.50. The average Bonchev–Trinajstić information content (AvgIpc) is 2.84. The Morgan fingerprint density at radius 3 is 1.37 bits per heavy atom. The Labute approximate surface area is 238 Å². The number of carboxylic acids is 1. The molecule has 3 rings (SSSR count). The Balaban J connectivity index is 2.32. The molecule has 0 atom stereocenters. The zero-order chi connectivity index (χ0) is 32.7. The van der Waals surface area contributed by atoms with Gasteiger partial charge in [0.05, 0.1) is 9.79 Å². The van der Waals surface area contributed by atoms with Crippen LogP contribution >= 0.6 is 0 Å². The third kappa shape index (κ3) is 7.48. The van der Waals surface area contributed by atoms with Crippen LogP contribution in [-0.2, 0) is 40.5 Å². The van der Waals surface area contributed by atoms with Crippen molar-refractivity contribution in [2.45, 2.75) is 19.6 Å². The summed E-state index contributed by atoms with van der Waals surface area (Å²) in [5, 5.41) is 32.9. The monoisotopic (exact) mass is 683 g/mol. The number of carbonyl (C=O) groups is 1. The zero-order valence-electron chi connectivity index (χ0n) is 20.2. The molecule has 0 fully saturated rings. The number of carboxylic acid groups (broad SMARTS) is 1. The predicted molar refractivity (Wildman–Crippen MR) is 136 cm³/mol. The standard InChI is InChI=1S/C18H13N5O16S4/c24-16-14(22-20-9-5-7(40(28,29)30)1-3-11(9)42(34,35)36)13(18(26)27)15(17(25)19-16)23-21-10-6-8(41(31,32)33)2-4-12(10)43(37,38)39/h1-6H,(H,26,27)(H2,19,24,25)(H,28,29,30)(H,31,32,33)(H,34,35,36)(H,37,38,39). The second-order valence-electron chi connectivity index (χ2n) is 7.74. The number of nitrogens with zero attached hydrogens (tertiary/aromatic N) is 4. The number of aromatic nitrogens is 1. The fourth-order valence-electron chi connectivity index (χ4n) is 3.08. The van der Waals surface area contributed by atoms with Crippen molar-refractivity contribution in [3.8, 4) is 5.88 Å². The van der Waals surface area contributed by atoms with Gasteiger partial charge in [-0.15, -0.1) is 20.5 Å². The molecular formula is C18H13N5O16S4. The molecule has 0 radical (unpaired) electrons. The van der Waals surface area contributed by atoms with Crippen LogP contribution < -0.4 is 5.56 Å². The Morgan fingerprint density at radius 1 is 0.628 bits per heavy atom. The van der Waals surface area contributed by atoms with E-state index in [0.717, 1.165) is 0 Å². The first-order valence-electron chi connectivity index (χ1n) is 10.3. The smallest absolute Gasteiger partial charge is 0.340 e. The molecule has 43 heavy (non-hydrogen) atoms. The fraction of sp³-hybridized carbons (Fsp3) is 0. The van der Waals surface area contributed by atoms with E-state index in [9.17, 15) is 71.7 Å². The van der Waals surface area contributed by atoms with Crippen LogP contribution in [0.2, 0.25) is 0 Å². The van der Waals surface area contributed by atoms with Crippen LogP contribution in [0.5, 0.6) is 5.88 Å². The van der Waals surface area contributed by atoms with Gasteiger partial charge in [-0.05, 0) is 36.4 Å². The van der Waals surface area contributed by atoms with Gasteiger partial charge in [0.1, 0.15) is 26.7 Å². The summed E-state index contributed by atoms with van der Waals surface area (Å²) in [6.45, 7) is 0. The molecule has 0 spiro atoms. The first-order valence-corrected chi connectivity index (χ1v) is 16.0. The lowest BCUT2D eigenvalue weighted by Crippen LogP contribution is -2.11. The normalized spacial score (nSPS) is 13.1. The Kier molecular flexibility index (Phi) is 8.67. The number of H-pyrrole nitrogens is 1. The number of rotatable bonds is 9. The van der Waals surface area contributed by atoms with Gasteiger partial charge in [0.25, 0.3) is 46.0 Å². The number of aromatic amines is 1. The number of azo groups is 2. The summed E-state index contributed by atoms with van der Waals surface area (Å²) in [5.41, 5.74) is -7.44. The Morgan fingerprint density at radius 2 is 1.02 bits per heavy atom. The van der Waals surface area contributed by atoms with Gasteiger partial charge in [0.15, 0.2) is 11.4 Å². The minimum atomic E-state index is -5.16. The second-order valence-corrected chi connectivity index (χ2v) is 13.4. The van der Waals surface area contributed by atoms with Gasteiger partial charge in [0.2, 0.25) is 5.88 Å². The number of hydrogen-bond donors (Lipinski definition) is 7. The topological polar surface area (TPSA) is 357 Å². The van der Waals surface area contributed by atoms with E-state index in [4.69, 9.17) is 0 Å². The third-order valence-corrected chi connectivity index (χ3v) is 8.39. The molecule has 230 valence electrons. The van der Waals surface area contributed by atoms with Crippen molar-refractivity contribution in [2.75, 3.05) is 0 Å². The maximum Gasteiger partial charge on any atom is 0.340 e. The predicted octanol–water partition coefficient (Wildman–Crippen LogP) is 1.60. The molecule has 7 N–H and O–H groups in total. The molecule has 0 aliphatic rings. The van der Waals surface area contributed by atoms with E-state index < -0.39 is 106 Å². The van der Waals surface area contributed by atoms with Crippen LogP contribution in [0, 0.1) is 0 Å². The number of pyridine rings is 1. The van der Waals surface area contributed by atoms with Gasteiger partial charge in [-0.1, -0.05) is 0 Å². The van der Waals surface area contributed by atoms with E-state index in [1.54, 1.807) is 4.98 Å². The summed E-state index contributed by atoms with van der Waals surface area (Å²) in [6, 6.07) is 2.79. The molecule has 0 unspecified atom stereocenters. The highest BCUT2D eigenvalue weighted by Gasteiger charge is 2.26. The highest BCUT2D eigenvalue weighted by molar-refractivity contribution is 7.87. The lowest BCUT2D eigenvalue weighted by molar-refractivity contribution is 0.0697. The molecular weight excluding hydrogens is 670 g/mol. The summed E-state index contributed by atoms with van der Waals surface area (Å²) in [6.07, 6.45) is 0. The second kappa shape index (κ2) is 11.3. The van der Waals surface area contributed by atoms with Crippen LogP contribution in [0.15, 0.2) is 81.2 Å². The van der Waals surface area contributed by atoms with Crippen LogP contribution in [0.3, 0.4) is 0 Å². The summed E-state index contributed by atoms with van der Waals surface area (Å²) >= 11 is 0. The van der Waals surface area contributed by atoms with E-state index in [-0.39, 0.29) is 0 Å². The Bertz CT molecular complexity index is 2240. The van der Waals surface area contributed by atoms with E-state index in [0.29, 0.717) is 36.4 Å². The van der Waals surface area contributed by atoms with Gasteiger partial charge in [-0.3, -0.25) is 28.0 Å². The van der Waals surface area contributed by atoms with Gasteiger partial charge in [0, 0.05) is 0 Å². The first kappa shape index (κ1) is 33.0. The molecule has 0 saturated heterocycles. The third-order valence-electron chi connectivity index (χ3n) is 4.89. The van der Waals surface area contributed by atoms with Crippen molar-refractivity contribution >= 4 is 69.2 Å². The number of benzene rings is 2. The minimum Gasteiger partial charge on any atom is -0.493 e. The van der Waals surface area contributed by atoms with Gasteiger partial charge < -0.3 is 10.2 Å². The molecule has 3 aromatic rings. The molecule has 1 aromatic heterocycles. The van der Waals surface area contributed by atoms with Gasteiger partial charge >= 0.3 is 5.97 Å². The van der Waals surface area contributed by atoms with E-state index in [2.05, 4.69) is 20.5 Å². The number of nitrogens with one attached hydrogen (secondary N) is 1. The molecule has 25 heteroatoms. The van der Waals surface area contributed by atoms with Crippen LogP contribution in [0.1, 0.15) is 10.4 Å². The highest BCUT2D eigenvalue weighted by Crippen LogP contribution is 2.37. The zero-order valence-corrected chi connectivity index (χ0v) is 23.4. The lowest BCUT2D eigenvalue weighted by atomic mass is 10.2. The fourth-order valence-corrected chi connectivity index (χ4v) is 5.29. The number of aromatic hydroxyl groups is 1. The van der Waals surface area contributed by atoms with Gasteiger partial charge in [-0.2, -0.15) is 33.7 Å². The molecule has 0 aliphatic carbocycles. The molecule has 1 heterocycles. The minimum absolute atomic E-state index is 0.372. The quantitative estimate of drug-likeness (QED) is 0.124. The van der Waals surface area contributed by atoms with E-state index in [1.165, 1.54) is 0 Å². The summed E-state index contributed by atoms with van der Waals surface area (Å²) in [4.78, 5) is 22.0. The molecule has 0 bridgehead atoms. The highest BCUT2D eigenvalue weighted by atomic mass is 32.2. The van der Waals surface area contributed by atoms with E-state index in [1.807, 2.05) is 0 Å². The van der Waals surface area contributed by atoms with Crippen LogP contribution in [-0.4, -0.2) is 73.0 Å². The molecule has 0 amide bonds. The van der Waals surface area contributed by atoms with Crippen molar-refractivity contribution in [3.05, 3.63) is 52.3 Å².